The molecule has 19 heteroatoms. The number of amides is 1. The van der Waals surface area contributed by atoms with Gasteiger partial charge in [-0.1, -0.05) is 23.5 Å². The minimum Gasteiger partial charge on any atom is -0.368 e. The summed E-state index contributed by atoms with van der Waals surface area (Å²) in [5.41, 5.74) is 2.00. The van der Waals surface area contributed by atoms with Gasteiger partial charge in [-0.2, -0.15) is 32.0 Å². The Labute approximate surface area is 369 Å². The number of hydrogen-bond donors (Lipinski definition) is 2. The van der Waals surface area contributed by atoms with Crippen LogP contribution in [0.1, 0.15) is 68.9 Å². The van der Waals surface area contributed by atoms with Gasteiger partial charge >= 0.3 is 6.18 Å². The number of carbonyl (C=O) groups excluding carboxylic acids is 2. The fourth-order valence-electron chi connectivity index (χ4n) is 9.66. The second-order valence-electron chi connectivity index (χ2n) is 16.9. The number of piperazine rings is 1. The van der Waals surface area contributed by atoms with E-state index in [2.05, 4.69) is 42.3 Å². The quantitative estimate of drug-likeness (QED) is 0.130. The first-order chi connectivity index (χ1) is 31.2. The highest BCUT2D eigenvalue weighted by atomic mass is 32.1. The first-order valence-electron chi connectivity index (χ1n) is 21.1. The van der Waals surface area contributed by atoms with Crippen LogP contribution in [0, 0.1) is 17.6 Å². The second kappa shape index (κ2) is 15.2. The number of nitrogens with zero attached hydrogens (tertiary/aromatic N) is 7. The lowest BCUT2D eigenvalue weighted by atomic mass is 9.93. The van der Waals surface area contributed by atoms with Crippen molar-refractivity contribution in [3.8, 4) is 22.5 Å². The molecule has 1 saturated heterocycles. The summed E-state index contributed by atoms with van der Waals surface area (Å²) in [6.45, 7) is 1.64. The van der Waals surface area contributed by atoms with Gasteiger partial charge in [0.25, 0.3) is 5.92 Å². The molecule has 0 radical (unpaired) electrons. The number of halogens is 7. The zero-order chi connectivity index (χ0) is 44.9. The number of hydrogen-bond acceptors (Lipinski definition) is 9. The second-order valence-corrected chi connectivity index (χ2v) is 17.9. The average Bonchev–Trinajstić information content (AvgIpc) is 3.73. The van der Waals surface area contributed by atoms with Crippen molar-refractivity contribution in [3.05, 3.63) is 130 Å². The van der Waals surface area contributed by atoms with E-state index < -0.39 is 71.0 Å². The largest absolute Gasteiger partial charge is 0.435 e. The summed E-state index contributed by atoms with van der Waals surface area (Å²) < 4.78 is 104. The van der Waals surface area contributed by atoms with Crippen molar-refractivity contribution >= 4 is 44.2 Å². The van der Waals surface area contributed by atoms with Crippen LogP contribution in [0.2, 0.25) is 0 Å². The number of aromatic amines is 1. The molecule has 1 aliphatic heterocycles. The zero-order valence-electron chi connectivity index (χ0n) is 34.1. The number of imidazole rings is 1. The van der Waals surface area contributed by atoms with Crippen molar-refractivity contribution in [2.75, 3.05) is 36.0 Å². The number of thiazole rings is 1. The molecule has 3 aliphatic carbocycles. The molecule has 4 aromatic heterocycles. The van der Waals surface area contributed by atoms with Crippen molar-refractivity contribution in [2.24, 2.45) is 5.92 Å². The molecule has 2 fully saturated rings. The molecule has 65 heavy (non-hydrogen) atoms. The van der Waals surface area contributed by atoms with Gasteiger partial charge in [0, 0.05) is 84.9 Å². The molecule has 0 spiro atoms. The molecule has 4 aliphatic rings. The number of nitrogens with one attached hydrogen (secondary N) is 2. The Morgan fingerprint density at radius 1 is 0.908 bits per heavy atom. The van der Waals surface area contributed by atoms with E-state index in [1.807, 2.05) is 30.3 Å². The Morgan fingerprint density at radius 2 is 1.65 bits per heavy atom. The normalized spacial score (nSPS) is 19.1. The number of carbonyl (C=O) groups is 2. The van der Waals surface area contributed by atoms with Gasteiger partial charge in [0.15, 0.2) is 22.3 Å². The zero-order valence-corrected chi connectivity index (χ0v) is 34.9. The number of rotatable bonds is 10. The van der Waals surface area contributed by atoms with E-state index >= 15 is 8.78 Å². The Hall–Kier alpha value is -6.63. The lowest BCUT2D eigenvalue weighted by molar-refractivity contribution is -0.142. The highest BCUT2D eigenvalue weighted by Crippen LogP contribution is 2.68. The number of pyridine rings is 1. The maximum absolute atomic E-state index is 15.5. The summed E-state index contributed by atoms with van der Waals surface area (Å²) in [6.07, 6.45) is -1.06. The van der Waals surface area contributed by atoms with E-state index in [-0.39, 0.29) is 29.9 Å². The van der Waals surface area contributed by atoms with Gasteiger partial charge in [-0.05, 0) is 90.4 Å². The van der Waals surface area contributed by atoms with E-state index in [4.69, 9.17) is 9.97 Å². The Balaban J connectivity index is 0.947. The average molecular weight is 912 g/mol. The van der Waals surface area contributed by atoms with Crippen LogP contribution >= 0.6 is 11.3 Å². The van der Waals surface area contributed by atoms with Crippen LogP contribution in [0.4, 0.5) is 41.6 Å². The predicted molar refractivity (Wildman–Crippen MR) is 227 cm³/mol. The SMILES string of the molecule is O=C(Cn1nc(C(F)(F)F)c2c1C(F)(F)[C@@H]1C[C@H]21)N[C@@H](Cc1cc(F)cc(F)c1)c1nc2nc(N3CCN(c4ccc(-c5ncc[nH]5)cc4)CC3)sc2cc1-c1ccc2c(c1)C(=O)CC2. The maximum Gasteiger partial charge on any atom is 0.435 e. The molecule has 2 N–H and O–H groups in total. The minimum absolute atomic E-state index is 0.0513. The lowest BCUT2D eigenvalue weighted by Gasteiger charge is -2.36. The number of benzene rings is 3. The van der Waals surface area contributed by atoms with Gasteiger partial charge in [0.1, 0.15) is 29.7 Å². The first kappa shape index (κ1) is 41.1. The minimum atomic E-state index is -5.04. The highest BCUT2D eigenvalue weighted by Gasteiger charge is 2.68. The summed E-state index contributed by atoms with van der Waals surface area (Å²) in [5.74, 6) is -8.02. The van der Waals surface area contributed by atoms with Crippen molar-refractivity contribution in [1.29, 1.82) is 0 Å². The third-order valence-corrected chi connectivity index (χ3v) is 13.9. The van der Waals surface area contributed by atoms with Gasteiger partial charge in [-0.3, -0.25) is 14.3 Å². The van der Waals surface area contributed by atoms with E-state index in [1.54, 1.807) is 18.5 Å². The third kappa shape index (κ3) is 7.38. The number of aromatic nitrogens is 6. The number of aryl methyl sites for hydroxylation is 1. The smallest absolute Gasteiger partial charge is 0.368 e. The number of Topliss-reactive ketones (excluding diaryl/α,β-unsaturated/α-hetero) is 1. The Kier molecular flexibility index (Phi) is 9.64. The number of fused-ring (bicyclic) bond motifs is 5. The number of anilines is 2. The summed E-state index contributed by atoms with van der Waals surface area (Å²) in [7, 11) is 0. The molecular formula is C46H36F7N9O2S. The molecule has 332 valence electrons. The molecule has 7 aromatic rings. The fourth-order valence-corrected chi connectivity index (χ4v) is 10.7. The van der Waals surface area contributed by atoms with Crippen LogP contribution < -0.4 is 15.1 Å². The highest BCUT2D eigenvalue weighted by molar-refractivity contribution is 7.22. The number of ketones is 1. The summed E-state index contributed by atoms with van der Waals surface area (Å²) >= 11 is 1.39. The molecule has 11 nitrogen and oxygen atoms in total. The monoisotopic (exact) mass is 911 g/mol. The van der Waals surface area contributed by atoms with Crippen LogP contribution in [0.25, 0.3) is 32.9 Å². The molecule has 1 amide bonds. The van der Waals surface area contributed by atoms with Crippen molar-refractivity contribution < 1.29 is 40.3 Å². The molecule has 5 heterocycles. The van der Waals surface area contributed by atoms with Gasteiger partial charge in [0.05, 0.1) is 16.4 Å². The van der Waals surface area contributed by atoms with Crippen molar-refractivity contribution in [2.45, 2.75) is 56.3 Å². The van der Waals surface area contributed by atoms with Gasteiger partial charge in [-0.25, -0.2) is 18.7 Å². The summed E-state index contributed by atoms with van der Waals surface area (Å²) in [5, 5.41) is 6.94. The van der Waals surface area contributed by atoms with E-state index in [0.717, 1.165) is 34.8 Å². The number of alkyl halides is 5. The third-order valence-electron chi connectivity index (χ3n) is 12.8. The summed E-state index contributed by atoms with van der Waals surface area (Å²) in [6, 6.07) is 16.9. The fraction of sp³-hybridized carbons (Fsp3) is 0.304. The molecule has 1 saturated carbocycles. The van der Waals surface area contributed by atoms with Crippen LogP contribution in [0.3, 0.4) is 0 Å². The molecule has 3 aromatic carbocycles. The van der Waals surface area contributed by atoms with E-state index in [9.17, 15) is 31.5 Å². The Bertz CT molecular complexity index is 3010. The lowest BCUT2D eigenvalue weighted by Crippen LogP contribution is -2.46. The van der Waals surface area contributed by atoms with Crippen LogP contribution in [0.5, 0.6) is 0 Å². The van der Waals surface area contributed by atoms with Gasteiger partial charge in [0.2, 0.25) is 5.91 Å². The number of H-pyrrole nitrogens is 1. The molecule has 11 rings (SSSR count). The van der Waals surface area contributed by atoms with Crippen LogP contribution in [-0.4, -0.2) is 67.6 Å². The molecule has 0 bridgehead atoms. The Morgan fingerprint density at radius 3 is 2.37 bits per heavy atom. The van der Waals surface area contributed by atoms with Crippen molar-refractivity contribution in [1.82, 2.24) is 35.0 Å². The van der Waals surface area contributed by atoms with E-state index in [1.165, 1.54) is 11.3 Å². The van der Waals surface area contributed by atoms with Gasteiger partial charge in [-0.15, -0.1) is 0 Å². The molecule has 0 unspecified atom stereocenters. The van der Waals surface area contributed by atoms with Gasteiger partial charge < -0.3 is 20.1 Å². The van der Waals surface area contributed by atoms with E-state index in [0.29, 0.717) is 81.9 Å². The standard InChI is InChI=1S/C46H36F7N9O2S/c47-27-15-23(16-28(48)19-27)17-34(56-37(64)22-62-41-38(40(59-62)46(51,52)53)32-20-33(32)45(41,49)50)39-31(26-2-1-24-5-8-35(63)30(24)18-26)21-36-43(57-39)58-44(65-36)61-13-11-60(12-14-61)29-6-3-25(4-7-29)42-54-9-10-55-42/h1-4,6-7,9-10,15-16,18-19,21,32-34H,5,8,11-14,17,20,22H2,(H,54,55)(H,56,64)/t32-,33+,34-/m0/s1. The van der Waals surface area contributed by atoms with Crippen LogP contribution in [-0.2, 0) is 36.3 Å². The molecular weight excluding hydrogens is 876 g/mol. The van der Waals surface area contributed by atoms with Crippen LogP contribution in [0.15, 0.2) is 79.1 Å². The molecule has 3 atom stereocenters. The maximum atomic E-state index is 15.5. The topological polar surface area (TPSA) is 125 Å². The summed E-state index contributed by atoms with van der Waals surface area (Å²) in [4.78, 5) is 48.8. The van der Waals surface area contributed by atoms with Crippen molar-refractivity contribution in [3.63, 3.8) is 0 Å². The predicted octanol–water partition coefficient (Wildman–Crippen LogP) is 9.01. The first-order valence-corrected chi connectivity index (χ1v) is 21.9.